The molecule has 9 nitrogen and oxygen atoms in total. The van der Waals surface area contributed by atoms with Gasteiger partial charge in [0.25, 0.3) is 5.91 Å². The number of nitrogens with zero attached hydrogens (tertiary/aromatic N) is 1. The first-order chi connectivity index (χ1) is 14.1. The maximum absolute atomic E-state index is 12.5. The van der Waals surface area contributed by atoms with Crippen molar-refractivity contribution in [3.8, 4) is 11.5 Å². The van der Waals surface area contributed by atoms with E-state index in [1.807, 2.05) is 24.3 Å². The number of hydrogen-bond donors (Lipinski definition) is 4. The Hall–Kier alpha value is -4.01. The number of nitrogens with one attached hydrogen (secondary N) is 4. The van der Waals surface area contributed by atoms with Gasteiger partial charge < -0.3 is 24.8 Å². The van der Waals surface area contributed by atoms with E-state index < -0.39 is 11.8 Å². The quantitative estimate of drug-likeness (QED) is 0.401. The molecule has 0 saturated heterocycles. The van der Waals surface area contributed by atoms with Crippen molar-refractivity contribution in [3.63, 3.8) is 0 Å². The van der Waals surface area contributed by atoms with Crippen LogP contribution < -0.4 is 20.1 Å². The molecule has 0 radical (unpaired) electrons. The lowest BCUT2D eigenvalue weighted by atomic mass is 10.2. The van der Waals surface area contributed by atoms with Crippen LogP contribution in [0, 0.1) is 0 Å². The third kappa shape index (κ3) is 3.57. The summed E-state index contributed by atoms with van der Waals surface area (Å²) >= 11 is 0. The van der Waals surface area contributed by atoms with Gasteiger partial charge in [0.2, 0.25) is 11.9 Å². The van der Waals surface area contributed by atoms with Crippen molar-refractivity contribution in [2.45, 2.75) is 0 Å². The predicted octanol–water partition coefficient (Wildman–Crippen LogP) is 2.43. The minimum absolute atomic E-state index is 0.209. The zero-order valence-electron chi connectivity index (χ0n) is 15.8. The molecule has 4 N–H and O–H groups in total. The number of aromatic amines is 2. The minimum atomic E-state index is -0.426. The molecule has 0 aliphatic carbocycles. The number of aromatic nitrogens is 3. The molecule has 9 heteroatoms. The number of H-pyrrole nitrogens is 2. The van der Waals surface area contributed by atoms with Gasteiger partial charge >= 0.3 is 0 Å². The van der Waals surface area contributed by atoms with Gasteiger partial charge in [-0.2, -0.15) is 0 Å². The van der Waals surface area contributed by atoms with Gasteiger partial charge in [0, 0.05) is 5.39 Å². The van der Waals surface area contributed by atoms with Crippen molar-refractivity contribution in [1.82, 2.24) is 20.3 Å². The van der Waals surface area contributed by atoms with Crippen LogP contribution in [0.5, 0.6) is 11.5 Å². The SMILES string of the molecule is COc1ccc(OC)c2[nH]c(C(=O)NCC(=O)Nc3nc4ccccc4[nH]3)cc12. The summed E-state index contributed by atoms with van der Waals surface area (Å²) in [5.74, 6) is 0.695. The molecule has 29 heavy (non-hydrogen) atoms. The fourth-order valence-corrected chi connectivity index (χ4v) is 3.08. The number of methoxy groups -OCH3 is 2. The lowest BCUT2D eigenvalue weighted by molar-refractivity contribution is -0.115. The molecule has 148 valence electrons. The number of hydrogen-bond acceptors (Lipinski definition) is 5. The average Bonchev–Trinajstić information content (AvgIpc) is 3.35. The van der Waals surface area contributed by atoms with Crippen LogP contribution in [-0.2, 0) is 4.79 Å². The van der Waals surface area contributed by atoms with Crippen LogP contribution in [0.4, 0.5) is 5.95 Å². The Bertz CT molecular complexity index is 1140. The van der Waals surface area contributed by atoms with Crippen LogP contribution in [0.25, 0.3) is 21.9 Å². The molecule has 0 unspecified atom stereocenters. The van der Waals surface area contributed by atoms with E-state index in [0.29, 0.717) is 34.0 Å². The number of carbonyl (C=O) groups excluding carboxylic acids is 2. The molecule has 2 heterocycles. The van der Waals surface area contributed by atoms with E-state index in [2.05, 4.69) is 25.6 Å². The third-order valence-electron chi connectivity index (χ3n) is 4.46. The molecule has 0 atom stereocenters. The first kappa shape index (κ1) is 18.4. The molecule has 0 aliphatic heterocycles. The summed E-state index contributed by atoms with van der Waals surface area (Å²) in [4.78, 5) is 34.9. The van der Waals surface area contributed by atoms with Gasteiger partial charge in [-0.1, -0.05) is 12.1 Å². The van der Waals surface area contributed by atoms with Crippen molar-refractivity contribution < 1.29 is 19.1 Å². The van der Waals surface area contributed by atoms with Crippen LogP contribution in [-0.4, -0.2) is 47.5 Å². The lowest BCUT2D eigenvalue weighted by Crippen LogP contribution is -2.33. The maximum Gasteiger partial charge on any atom is 0.268 e. The Morgan fingerprint density at radius 2 is 1.79 bits per heavy atom. The molecule has 2 aromatic heterocycles. The first-order valence-electron chi connectivity index (χ1n) is 8.85. The molecule has 0 aliphatic rings. The summed E-state index contributed by atoms with van der Waals surface area (Å²) in [6.45, 7) is -0.209. The van der Waals surface area contributed by atoms with Gasteiger partial charge in [-0.15, -0.1) is 0 Å². The van der Waals surface area contributed by atoms with Crippen LogP contribution in [0.1, 0.15) is 10.5 Å². The highest BCUT2D eigenvalue weighted by molar-refractivity contribution is 6.03. The molecule has 0 fully saturated rings. The van der Waals surface area contributed by atoms with E-state index in [9.17, 15) is 9.59 Å². The first-order valence-corrected chi connectivity index (χ1v) is 8.85. The van der Waals surface area contributed by atoms with Crippen molar-refractivity contribution in [3.05, 3.63) is 48.2 Å². The normalized spacial score (nSPS) is 10.8. The molecule has 4 aromatic rings. The Balaban J connectivity index is 1.44. The fourth-order valence-electron chi connectivity index (χ4n) is 3.08. The highest BCUT2D eigenvalue weighted by Gasteiger charge is 2.16. The van der Waals surface area contributed by atoms with Crippen LogP contribution in [0.3, 0.4) is 0 Å². The second-order valence-electron chi connectivity index (χ2n) is 6.28. The van der Waals surface area contributed by atoms with Crippen molar-refractivity contribution >= 4 is 39.7 Å². The predicted molar refractivity (Wildman–Crippen MR) is 108 cm³/mol. The van der Waals surface area contributed by atoms with Crippen LogP contribution >= 0.6 is 0 Å². The topological polar surface area (TPSA) is 121 Å². The summed E-state index contributed by atoms with van der Waals surface area (Å²) < 4.78 is 10.6. The second-order valence-corrected chi connectivity index (χ2v) is 6.28. The minimum Gasteiger partial charge on any atom is -0.496 e. The Morgan fingerprint density at radius 1 is 1.03 bits per heavy atom. The molecule has 0 saturated carbocycles. The smallest absolute Gasteiger partial charge is 0.268 e. The molecule has 0 bridgehead atoms. The zero-order chi connectivity index (χ0) is 20.4. The number of fused-ring (bicyclic) bond motifs is 2. The number of amides is 2. The maximum atomic E-state index is 12.5. The number of imidazole rings is 1. The lowest BCUT2D eigenvalue weighted by Gasteiger charge is -2.05. The van der Waals surface area contributed by atoms with E-state index in [-0.39, 0.29) is 6.54 Å². The van der Waals surface area contributed by atoms with Crippen molar-refractivity contribution in [1.29, 1.82) is 0 Å². The highest BCUT2D eigenvalue weighted by Crippen LogP contribution is 2.33. The molecule has 2 aromatic carbocycles. The van der Waals surface area contributed by atoms with Gasteiger partial charge in [-0.05, 0) is 30.3 Å². The molecular formula is C20H19N5O4. The number of anilines is 1. The van der Waals surface area contributed by atoms with E-state index in [0.717, 1.165) is 11.0 Å². The fraction of sp³-hybridized carbons (Fsp3) is 0.150. The van der Waals surface area contributed by atoms with Crippen molar-refractivity contribution in [2.24, 2.45) is 0 Å². The standard InChI is InChI=1S/C20H19N5O4/c1-28-15-7-8-16(29-2)18-11(15)9-14(22-18)19(27)21-10-17(26)25-20-23-12-5-3-4-6-13(12)24-20/h3-9,22H,10H2,1-2H3,(H,21,27)(H2,23,24,25,26). The van der Waals surface area contributed by atoms with Gasteiger partial charge in [0.1, 0.15) is 17.2 Å². The molecule has 4 rings (SSSR count). The Labute approximate surface area is 165 Å². The molecule has 0 spiro atoms. The van der Waals surface area contributed by atoms with Gasteiger partial charge in [0.05, 0.1) is 37.3 Å². The summed E-state index contributed by atoms with van der Waals surface area (Å²) in [5, 5.41) is 5.93. The van der Waals surface area contributed by atoms with E-state index in [1.54, 1.807) is 32.4 Å². The van der Waals surface area contributed by atoms with Crippen molar-refractivity contribution in [2.75, 3.05) is 26.1 Å². The monoisotopic (exact) mass is 393 g/mol. The highest BCUT2D eigenvalue weighted by atomic mass is 16.5. The summed E-state index contributed by atoms with van der Waals surface area (Å²) in [5.41, 5.74) is 2.49. The van der Waals surface area contributed by atoms with E-state index >= 15 is 0 Å². The third-order valence-corrected chi connectivity index (χ3v) is 4.46. The number of carbonyl (C=O) groups is 2. The number of para-hydroxylation sites is 2. The largest absolute Gasteiger partial charge is 0.496 e. The second kappa shape index (κ2) is 7.55. The van der Waals surface area contributed by atoms with E-state index in [1.165, 1.54) is 0 Å². The van der Waals surface area contributed by atoms with Gasteiger partial charge in [-0.3, -0.25) is 14.9 Å². The van der Waals surface area contributed by atoms with Crippen LogP contribution in [0.2, 0.25) is 0 Å². The summed E-state index contributed by atoms with van der Waals surface area (Å²) in [6, 6.07) is 12.6. The van der Waals surface area contributed by atoms with Gasteiger partial charge in [0.15, 0.2) is 0 Å². The summed E-state index contributed by atoms with van der Waals surface area (Å²) in [6.07, 6.45) is 0. The number of rotatable bonds is 6. The average molecular weight is 393 g/mol. The Kier molecular flexibility index (Phi) is 4.78. The summed E-state index contributed by atoms with van der Waals surface area (Å²) in [7, 11) is 3.10. The number of ether oxygens (including phenoxy) is 2. The Morgan fingerprint density at radius 3 is 2.55 bits per heavy atom. The molecular weight excluding hydrogens is 374 g/mol. The number of benzene rings is 2. The van der Waals surface area contributed by atoms with Gasteiger partial charge in [-0.25, -0.2) is 4.98 Å². The van der Waals surface area contributed by atoms with Crippen LogP contribution in [0.15, 0.2) is 42.5 Å². The molecule has 2 amide bonds. The van der Waals surface area contributed by atoms with E-state index in [4.69, 9.17) is 9.47 Å². The zero-order valence-corrected chi connectivity index (χ0v) is 15.8.